The highest BCUT2D eigenvalue weighted by Crippen LogP contribution is 2.46. The van der Waals surface area contributed by atoms with Gasteiger partial charge in [-0.05, 0) is 95.6 Å². The molecule has 13 rings (SSSR count). The summed E-state index contributed by atoms with van der Waals surface area (Å²) in [5.74, 6) is 0. The molecule has 0 aliphatic carbocycles. The van der Waals surface area contributed by atoms with Gasteiger partial charge in [-0.25, -0.2) is 0 Å². The number of nitrogens with zero attached hydrogens (tertiary/aromatic N) is 2. The third-order valence-corrected chi connectivity index (χ3v) is 12.0. The van der Waals surface area contributed by atoms with E-state index in [4.69, 9.17) is 8.83 Å². The molecule has 9 aromatic carbocycles. The molecule has 0 amide bonds. The van der Waals surface area contributed by atoms with Gasteiger partial charge in [0, 0.05) is 37.9 Å². The van der Waals surface area contributed by atoms with Gasteiger partial charge in [0.25, 0.3) is 0 Å². The molecular weight excluding hydrogens is 709 g/mol. The van der Waals surface area contributed by atoms with Gasteiger partial charge in [0.15, 0.2) is 0 Å². The van der Waals surface area contributed by atoms with E-state index in [2.05, 4.69) is 173 Å². The van der Waals surface area contributed by atoms with Crippen LogP contribution >= 0.6 is 0 Å². The lowest BCUT2D eigenvalue weighted by molar-refractivity contribution is 0.668. The largest absolute Gasteiger partial charge is 0.456 e. The van der Waals surface area contributed by atoms with Gasteiger partial charge in [-0.15, -0.1) is 0 Å². The number of benzene rings is 8. The van der Waals surface area contributed by atoms with Gasteiger partial charge >= 0.3 is 0 Å². The Morgan fingerprint density at radius 2 is 0.983 bits per heavy atom. The lowest BCUT2D eigenvalue weighted by atomic mass is 9.99. The van der Waals surface area contributed by atoms with Crippen molar-refractivity contribution in [1.82, 2.24) is 9.13 Å². The third-order valence-electron chi connectivity index (χ3n) is 12.0. The van der Waals surface area contributed by atoms with Crippen LogP contribution in [0.3, 0.4) is 0 Å². The first-order valence-corrected chi connectivity index (χ1v) is 19.6. The third kappa shape index (κ3) is 4.30. The van der Waals surface area contributed by atoms with Crippen molar-refractivity contribution in [3.8, 4) is 33.6 Å². The molecule has 0 atom stereocenters. The Bertz CT molecular complexity index is 3800. The second-order valence-electron chi connectivity index (χ2n) is 15.1. The van der Waals surface area contributed by atoms with Crippen LogP contribution in [0.2, 0.25) is 0 Å². The minimum absolute atomic E-state index is 0.800. The Hall–Kier alpha value is -8.00. The number of para-hydroxylation sites is 3. The smallest absolute Gasteiger partial charge is 0.144 e. The van der Waals surface area contributed by atoms with E-state index in [1.807, 2.05) is 30.3 Å². The van der Waals surface area contributed by atoms with E-state index in [9.17, 15) is 0 Å². The molecule has 0 spiro atoms. The predicted octanol–water partition coefficient (Wildman–Crippen LogP) is 14.6. The van der Waals surface area contributed by atoms with Crippen LogP contribution in [0, 0.1) is 12.1 Å². The van der Waals surface area contributed by atoms with Gasteiger partial charge < -0.3 is 18.0 Å². The fourth-order valence-corrected chi connectivity index (χ4v) is 9.51. The zero-order valence-corrected chi connectivity index (χ0v) is 31.0. The molecular formula is C54H30N2O2. The van der Waals surface area contributed by atoms with Gasteiger partial charge in [0.2, 0.25) is 0 Å². The minimum Gasteiger partial charge on any atom is -0.456 e. The normalized spacial score (nSPS) is 12.0. The monoisotopic (exact) mass is 738 g/mol. The van der Waals surface area contributed by atoms with E-state index < -0.39 is 0 Å². The summed E-state index contributed by atoms with van der Waals surface area (Å²) in [6.07, 6.45) is 0. The van der Waals surface area contributed by atoms with Crippen molar-refractivity contribution < 1.29 is 8.83 Å². The Labute approximate surface area is 332 Å². The van der Waals surface area contributed by atoms with E-state index in [-0.39, 0.29) is 0 Å². The lowest BCUT2D eigenvalue weighted by Crippen LogP contribution is -1.97. The Kier molecular flexibility index (Phi) is 6.33. The standard InChI is InChI=1S/C54H30N2O2/c1-2-13-33(14-3-1)36-15-4-8-19-42(36)55-43-20-9-5-17-38(43)53-46(55)28-29-47-54(53)41-32-34(35-26-30-50-40(31-35)37-16-6-10-22-48(37)57-50)25-27-44(41)56(47)45-21-12-24-51-52(45)39-18-7-11-23-49(39)58-51/h1-6,8-17,19-32H. The van der Waals surface area contributed by atoms with Gasteiger partial charge in [-0.1, -0.05) is 115 Å². The SMILES string of the molecule is c1ccc2oc3cccc(-n4c5ccc(-c6ccc7oc8ccccc8c7c6)cc5c5c6c7ccccc7n(-c7ccccc7-c7ccccc7)c6ccc54)c3c2c#1. The second-order valence-corrected chi connectivity index (χ2v) is 15.1. The highest BCUT2D eigenvalue weighted by molar-refractivity contribution is 6.30. The molecule has 0 saturated heterocycles. The molecule has 0 radical (unpaired) electrons. The van der Waals surface area contributed by atoms with Crippen LogP contribution in [0.1, 0.15) is 0 Å². The molecule has 13 aromatic rings. The van der Waals surface area contributed by atoms with Crippen LogP contribution in [0.5, 0.6) is 0 Å². The average Bonchev–Trinajstić information content (AvgIpc) is 4.04. The molecule has 0 aliphatic heterocycles. The molecule has 0 saturated carbocycles. The van der Waals surface area contributed by atoms with Gasteiger partial charge in [-0.3, -0.25) is 0 Å². The summed E-state index contributed by atoms with van der Waals surface area (Å²) >= 11 is 0. The number of rotatable bonds is 4. The summed E-state index contributed by atoms with van der Waals surface area (Å²) in [6, 6.07) is 71.4. The summed E-state index contributed by atoms with van der Waals surface area (Å²) in [6.45, 7) is 0. The summed E-state index contributed by atoms with van der Waals surface area (Å²) in [7, 11) is 0. The quantitative estimate of drug-likeness (QED) is 0.180. The summed E-state index contributed by atoms with van der Waals surface area (Å²) in [5.41, 5.74) is 14.8. The van der Waals surface area contributed by atoms with Crippen molar-refractivity contribution in [3.63, 3.8) is 0 Å². The lowest BCUT2D eigenvalue weighted by Gasteiger charge is -2.14. The maximum atomic E-state index is 6.40. The average molecular weight is 739 g/mol. The van der Waals surface area contributed by atoms with Crippen LogP contribution in [-0.2, 0) is 0 Å². The number of hydrogen-bond donors (Lipinski definition) is 0. The highest BCUT2D eigenvalue weighted by Gasteiger charge is 2.24. The molecule has 58 heavy (non-hydrogen) atoms. The molecule has 0 bridgehead atoms. The summed E-state index contributed by atoms with van der Waals surface area (Å²) in [4.78, 5) is 0. The first-order chi connectivity index (χ1) is 28.8. The Balaban J connectivity index is 1.17. The first kappa shape index (κ1) is 31.2. The number of hydrogen-bond acceptors (Lipinski definition) is 2. The molecule has 0 aliphatic rings. The van der Waals surface area contributed by atoms with Crippen molar-refractivity contribution in [2.45, 2.75) is 0 Å². The van der Waals surface area contributed by atoms with E-state index in [0.29, 0.717) is 0 Å². The Morgan fingerprint density at radius 3 is 1.88 bits per heavy atom. The van der Waals surface area contributed by atoms with Crippen LogP contribution in [0.15, 0.2) is 191 Å². The molecule has 4 heteroatoms. The van der Waals surface area contributed by atoms with Crippen molar-refractivity contribution in [2.24, 2.45) is 0 Å². The van der Waals surface area contributed by atoms with E-state index in [1.54, 1.807) is 0 Å². The van der Waals surface area contributed by atoms with E-state index in [0.717, 1.165) is 88.4 Å². The molecule has 4 aromatic heterocycles. The van der Waals surface area contributed by atoms with Crippen LogP contribution in [0.25, 0.3) is 121 Å². The molecule has 0 unspecified atom stereocenters. The van der Waals surface area contributed by atoms with E-state index in [1.165, 1.54) is 32.7 Å². The molecule has 4 nitrogen and oxygen atoms in total. The molecule has 268 valence electrons. The van der Waals surface area contributed by atoms with Gasteiger partial charge in [-0.2, -0.15) is 0 Å². The topological polar surface area (TPSA) is 36.1 Å². The Morgan fingerprint density at radius 1 is 0.362 bits per heavy atom. The van der Waals surface area contributed by atoms with Crippen molar-refractivity contribution in [3.05, 3.63) is 194 Å². The maximum absolute atomic E-state index is 6.40. The van der Waals surface area contributed by atoms with Gasteiger partial charge in [0.05, 0.1) is 44.2 Å². The number of furan rings is 2. The van der Waals surface area contributed by atoms with Crippen molar-refractivity contribution >= 4 is 87.5 Å². The second kappa shape index (κ2) is 11.8. The van der Waals surface area contributed by atoms with Crippen LogP contribution < -0.4 is 0 Å². The number of fused-ring (bicyclic) bond motifs is 13. The zero-order valence-electron chi connectivity index (χ0n) is 31.0. The maximum Gasteiger partial charge on any atom is 0.144 e. The molecule has 0 N–H and O–H groups in total. The number of aromatic nitrogens is 2. The van der Waals surface area contributed by atoms with Crippen molar-refractivity contribution in [2.75, 3.05) is 0 Å². The van der Waals surface area contributed by atoms with E-state index >= 15 is 0 Å². The van der Waals surface area contributed by atoms with Crippen LogP contribution in [0.4, 0.5) is 0 Å². The summed E-state index contributed by atoms with van der Waals surface area (Å²) in [5, 5.41) is 8.99. The zero-order chi connectivity index (χ0) is 37.9. The predicted molar refractivity (Wildman–Crippen MR) is 238 cm³/mol. The molecule has 0 fully saturated rings. The minimum atomic E-state index is 0.800. The highest BCUT2D eigenvalue weighted by atomic mass is 16.3. The molecule has 4 heterocycles. The summed E-state index contributed by atoms with van der Waals surface area (Å²) < 4.78 is 17.5. The fraction of sp³-hybridized carbons (Fsp3) is 0. The van der Waals surface area contributed by atoms with Crippen molar-refractivity contribution in [1.29, 1.82) is 0 Å². The van der Waals surface area contributed by atoms with Crippen LogP contribution in [-0.4, -0.2) is 9.13 Å². The fourth-order valence-electron chi connectivity index (χ4n) is 9.51. The van der Waals surface area contributed by atoms with Gasteiger partial charge in [0.1, 0.15) is 22.3 Å². The first-order valence-electron chi connectivity index (χ1n) is 19.6.